The van der Waals surface area contributed by atoms with E-state index in [9.17, 15) is 0 Å². The average molecular weight is 440 g/mol. The fraction of sp³-hybridized carbons (Fsp3) is 0.435. The topological polar surface area (TPSA) is 70.4 Å². The van der Waals surface area contributed by atoms with E-state index >= 15 is 0 Å². The van der Waals surface area contributed by atoms with E-state index < -0.39 is 0 Å². The normalized spacial score (nSPS) is 11.5. The van der Waals surface area contributed by atoms with Crippen LogP contribution < -0.4 is 15.5 Å². The summed E-state index contributed by atoms with van der Waals surface area (Å²) in [5, 5.41) is 15.3. The number of aromatic nitrogens is 3. The van der Waals surface area contributed by atoms with E-state index in [4.69, 9.17) is 4.99 Å². The van der Waals surface area contributed by atoms with Crippen molar-refractivity contribution in [2.24, 2.45) is 12.0 Å². The van der Waals surface area contributed by atoms with Crippen molar-refractivity contribution >= 4 is 23.0 Å². The Morgan fingerprint density at radius 3 is 2.55 bits per heavy atom. The Morgan fingerprint density at radius 1 is 1.10 bits per heavy atom. The number of rotatable bonds is 10. The van der Waals surface area contributed by atoms with Crippen molar-refractivity contribution in [1.82, 2.24) is 25.4 Å². The number of para-hydroxylation sites is 1. The van der Waals surface area contributed by atoms with Crippen LogP contribution in [0.25, 0.3) is 0 Å². The van der Waals surface area contributed by atoms with E-state index in [1.54, 1.807) is 0 Å². The van der Waals surface area contributed by atoms with Gasteiger partial charge in [0.1, 0.15) is 12.4 Å². The predicted molar refractivity (Wildman–Crippen MR) is 130 cm³/mol. The van der Waals surface area contributed by atoms with Crippen LogP contribution in [-0.4, -0.2) is 40.9 Å². The van der Waals surface area contributed by atoms with Crippen LogP contribution >= 0.6 is 11.3 Å². The first-order valence-corrected chi connectivity index (χ1v) is 11.6. The van der Waals surface area contributed by atoms with Crippen molar-refractivity contribution in [1.29, 1.82) is 0 Å². The van der Waals surface area contributed by atoms with Gasteiger partial charge in [-0.25, -0.2) is 4.99 Å². The van der Waals surface area contributed by atoms with Gasteiger partial charge in [-0.15, -0.1) is 21.5 Å². The van der Waals surface area contributed by atoms with Gasteiger partial charge in [0.25, 0.3) is 0 Å². The van der Waals surface area contributed by atoms with E-state index in [1.165, 1.54) is 15.4 Å². The molecule has 0 saturated heterocycles. The summed E-state index contributed by atoms with van der Waals surface area (Å²) in [6.45, 7) is 7.19. The number of aryl methyl sites for hydroxylation is 2. The van der Waals surface area contributed by atoms with Crippen LogP contribution in [0.2, 0.25) is 0 Å². The van der Waals surface area contributed by atoms with E-state index in [-0.39, 0.29) is 0 Å². The number of benzene rings is 1. The molecular weight excluding hydrogens is 406 g/mol. The zero-order valence-electron chi connectivity index (χ0n) is 18.9. The maximum Gasteiger partial charge on any atom is 0.192 e. The van der Waals surface area contributed by atoms with Gasteiger partial charge in [-0.05, 0) is 44.0 Å². The second-order valence-electron chi connectivity index (χ2n) is 7.50. The van der Waals surface area contributed by atoms with Crippen LogP contribution in [0, 0.1) is 6.92 Å². The first kappa shape index (κ1) is 22.8. The van der Waals surface area contributed by atoms with Crippen molar-refractivity contribution in [2.45, 2.75) is 39.8 Å². The van der Waals surface area contributed by atoms with Crippen LogP contribution in [0.1, 0.15) is 34.7 Å². The molecule has 0 spiro atoms. The predicted octanol–water partition coefficient (Wildman–Crippen LogP) is 3.51. The number of aliphatic imine (C=N–C) groups is 1. The highest BCUT2D eigenvalue weighted by Crippen LogP contribution is 2.16. The number of guanidine groups is 1. The summed E-state index contributed by atoms with van der Waals surface area (Å²) in [5.41, 5.74) is 1.23. The van der Waals surface area contributed by atoms with Gasteiger partial charge in [-0.2, -0.15) is 0 Å². The molecule has 0 amide bonds. The van der Waals surface area contributed by atoms with Gasteiger partial charge in [-0.1, -0.05) is 25.1 Å². The molecule has 8 heteroatoms. The Hall–Kier alpha value is -2.87. The third-order valence-electron chi connectivity index (χ3n) is 5.22. The molecule has 166 valence electrons. The zero-order valence-corrected chi connectivity index (χ0v) is 19.7. The molecule has 0 atom stereocenters. The molecule has 0 bridgehead atoms. The molecule has 0 unspecified atom stereocenters. The van der Waals surface area contributed by atoms with Gasteiger partial charge in [0.05, 0.1) is 6.54 Å². The molecule has 2 aromatic heterocycles. The van der Waals surface area contributed by atoms with E-state index in [0.29, 0.717) is 6.54 Å². The molecule has 1 aromatic carbocycles. The smallest absolute Gasteiger partial charge is 0.192 e. The van der Waals surface area contributed by atoms with Gasteiger partial charge in [0, 0.05) is 42.6 Å². The molecule has 0 saturated carbocycles. The second kappa shape index (κ2) is 11.5. The van der Waals surface area contributed by atoms with Crippen LogP contribution in [0.15, 0.2) is 47.5 Å². The summed E-state index contributed by atoms with van der Waals surface area (Å²) in [7, 11) is 4.10. The highest BCUT2D eigenvalue weighted by molar-refractivity contribution is 7.11. The highest BCUT2D eigenvalue weighted by atomic mass is 32.1. The summed E-state index contributed by atoms with van der Waals surface area (Å²) in [5.74, 6) is 2.54. The second-order valence-corrected chi connectivity index (χ2v) is 8.75. The van der Waals surface area contributed by atoms with Gasteiger partial charge in [0.2, 0.25) is 0 Å². The van der Waals surface area contributed by atoms with Crippen molar-refractivity contribution < 1.29 is 0 Å². The Bertz CT molecular complexity index is 961. The third kappa shape index (κ3) is 6.82. The van der Waals surface area contributed by atoms with Gasteiger partial charge in [0.15, 0.2) is 11.8 Å². The number of hydrogen-bond donors (Lipinski definition) is 2. The minimum Gasteiger partial charge on any atom is -0.375 e. The van der Waals surface area contributed by atoms with E-state index in [1.807, 2.05) is 35.9 Å². The number of anilines is 1. The van der Waals surface area contributed by atoms with Crippen LogP contribution in [-0.2, 0) is 26.6 Å². The molecular formula is C23H33N7S. The number of nitrogens with zero attached hydrogens (tertiary/aromatic N) is 5. The number of hydrogen-bond acceptors (Lipinski definition) is 5. The summed E-state index contributed by atoms with van der Waals surface area (Å²) in [4.78, 5) is 9.73. The Kier molecular flexibility index (Phi) is 8.46. The molecule has 7 nitrogen and oxygen atoms in total. The summed E-state index contributed by atoms with van der Waals surface area (Å²) in [6, 6.07) is 14.8. The molecule has 0 aliphatic rings. The van der Waals surface area contributed by atoms with Crippen LogP contribution in [0.4, 0.5) is 5.69 Å². The maximum absolute atomic E-state index is 4.75. The molecule has 0 fully saturated rings. The summed E-state index contributed by atoms with van der Waals surface area (Å²) < 4.78 is 1.97. The monoisotopic (exact) mass is 439 g/mol. The minimum absolute atomic E-state index is 0.487. The van der Waals surface area contributed by atoms with Crippen LogP contribution in [0.3, 0.4) is 0 Å². The standard InChI is InChI=1S/C23H33N7S/c1-5-20-12-13-21(31-20)16-25-23(26-17-22-28-27-18(2)30(22)4)24-14-9-15-29(3)19-10-7-6-8-11-19/h6-8,10-13H,5,9,14-17H2,1-4H3,(H2,24,25,26). The lowest BCUT2D eigenvalue weighted by atomic mass is 10.3. The molecule has 0 radical (unpaired) electrons. The first-order valence-electron chi connectivity index (χ1n) is 10.8. The average Bonchev–Trinajstić information content (AvgIpc) is 3.39. The first-order chi connectivity index (χ1) is 15.1. The highest BCUT2D eigenvalue weighted by Gasteiger charge is 2.07. The molecule has 31 heavy (non-hydrogen) atoms. The molecule has 0 aliphatic carbocycles. The third-order valence-corrected chi connectivity index (χ3v) is 6.45. The molecule has 0 aliphatic heterocycles. The fourth-order valence-corrected chi connectivity index (χ4v) is 4.02. The van der Waals surface area contributed by atoms with E-state index in [0.717, 1.165) is 50.1 Å². The fourth-order valence-electron chi connectivity index (χ4n) is 3.13. The van der Waals surface area contributed by atoms with Crippen molar-refractivity contribution in [3.05, 3.63) is 63.9 Å². The quantitative estimate of drug-likeness (QED) is 0.287. The van der Waals surface area contributed by atoms with Gasteiger partial charge >= 0.3 is 0 Å². The van der Waals surface area contributed by atoms with Crippen molar-refractivity contribution in [2.75, 3.05) is 25.0 Å². The number of thiophene rings is 1. The number of nitrogens with one attached hydrogen (secondary N) is 2. The Morgan fingerprint density at radius 2 is 1.87 bits per heavy atom. The van der Waals surface area contributed by atoms with Crippen LogP contribution in [0.5, 0.6) is 0 Å². The van der Waals surface area contributed by atoms with Gasteiger partial charge < -0.3 is 20.1 Å². The summed E-state index contributed by atoms with van der Waals surface area (Å²) in [6.07, 6.45) is 2.08. The molecule has 2 N–H and O–H groups in total. The van der Waals surface area contributed by atoms with E-state index in [2.05, 4.69) is 76.1 Å². The minimum atomic E-state index is 0.487. The van der Waals surface area contributed by atoms with Crippen molar-refractivity contribution in [3.63, 3.8) is 0 Å². The largest absolute Gasteiger partial charge is 0.375 e. The Balaban J connectivity index is 1.55. The van der Waals surface area contributed by atoms with Gasteiger partial charge in [-0.3, -0.25) is 0 Å². The zero-order chi connectivity index (χ0) is 22.1. The SMILES string of the molecule is CCc1ccc(CNC(=NCc2nnc(C)n2C)NCCCN(C)c2ccccc2)s1. The summed E-state index contributed by atoms with van der Waals surface area (Å²) >= 11 is 1.85. The molecule has 2 heterocycles. The lowest BCUT2D eigenvalue weighted by molar-refractivity contribution is 0.718. The Labute approximate surface area is 189 Å². The molecule has 3 rings (SSSR count). The maximum atomic E-state index is 4.75. The van der Waals surface area contributed by atoms with Crippen molar-refractivity contribution in [3.8, 4) is 0 Å². The lowest BCUT2D eigenvalue weighted by Gasteiger charge is -2.19. The lowest BCUT2D eigenvalue weighted by Crippen LogP contribution is -2.38. The molecule has 3 aromatic rings.